The number of nitrogens with zero attached hydrogens (tertiary/aromatic N) is 3. The summed E-state index contributed by atoms with van der Waals surface area (Å²) in [5.74, 6) is -0.204. The van der Waals surface area contributed by atoms with E-state index in [2.05, 4.69) is 18.2 Å². The topological polar surface area (TPSA) is 53.0 Å². The number of carbonyl (C=O) groups excluding carboxylic acids is 2. The molecular weight excluding hydrogens is 362 g/mol. The maximum absolute atomic E-state index is 12.8. The Morgan fingerprint density at radius 1 is 1.04 bits per heavy atom. The molecule has 138 valence electrons. The molecule has 0 bridgehead atoms. The smallest absolute Gasteiger partial charge is 0.258 e. The summed E-state index contributed by atoms with van der Waals surface area (Å²) in [7, 11) is 3.27. The summed E-state index contributed by atoms with van der Waals surface area (Å²) in [4.78, 5) is 30.8. The van der Waals surface area contributed by atoms with Crippen molar-refractivity contribution in [1.82, 2.24) is 0 Å². The molecule has 0 aliphatic heterocycles. The molecule has 0 radical (unpaired) electrons. The van der Waals surface area contributed by atoms with E-state index in [1.807, 2.05) is 0 Å². The van der Waals surface area contributed by atoms with Gasteiger partial charge in [-0.1, -0.05) is 36.9 Å². The fourth-order valence-corrected chi connectivity index (χ4v) is 2.68. The van der Waals surface area contributed by atoms with Crippen LogP contribution in [-0.2, 0) is 4.79 Å². The lowest BCUT2D eigenvalue weighted by molar-refractivity contribution is -0.107. The molecule has 0 aliphatic carbocycles. The van der Waals surface area contributed by atoms with Crippen molar-refractivity contribution in [2.45, 2.75) is 0 Å². The third kappa shape index (κ3) is 4.71. The number of rotatable bonds is 7. The molecule has 27 heavy (non-hydrogen) atoms. The molecule has 0 aromatic heterocycles. The van der Waals surface area contributed by atoms with Gasteiger partial charge in [-0.3, -0.25) is 14.6 Å². The number of hydrogen-bond acceptors (Lipinski definition) is 3. The van der Waals surface area contributed by atoms with Crippen molar-refractivity contribution in [3.05, 3.63) is 84.0 Å². The highest BCUT2D eigenvalue weighted by Crippen LogP contribution is 2.27. The van der Waals surface area contributed by atoms with E-state index >= 15 is 0 Å². The third-order valence-corrected chi connectivity index (χ3v) is 4.19. The summed E-state index contributed by atoms with van der Waals surface area (Å²) >= 11 is 6.14. The van der Waals surface area contributed by atoms with Crippen LogP contribution in [0.2, 0.25) is 5.02 Å². The first-order chi connectivity index (χ1) is 12.9. The second kappa shape index (κ2) is 8.96. The Labute approximate surface area is 163 Å². The molecule has 0 atom stereocenters. The van der Waals surface area contributed by atoms with Crippen LogP contribution in [0.3, 0.4) is 0 Å². The SMILES string of the molecule is C=CN=C(C=C)c1ccc(C(=O)N(C)c2cc(Cl)cc(N(C)C=O)c2)cc1. The molecule has 5 nitrogen and oxygen atoms in total. The molecule has 0 fully saturated rings. The molecule has 0 unspecified atom stereocenters. The molecule has 0 spiro atoms. The van der Waals surface area contributed by atoms with Gasteiger partial charge in [-0.2, -0.15) is 0 Å². The van der Waals surface area contributed by atoms with E-state index in [0.29, 0.717) is 34.1 Å². The Morgan fingerprint density at radius 3 is 2.19 bits per heavy atom. The lowest BCUT2D eigenvalue weighted by atomic mass is 10.1. The number of benzene rings is 2. The summed E-state index contributed by atoms with van der Waals surface area (Å²) in [5, 5.41) is 0.433. The minimum Gasteiger partial charge on any atom is -0.318 e. The molecule has 2 amide bonds. The van der Waals surface area contributed by atoms with Crippen molar-refractivity contribution in [2.75, 3.05) is 23.9 Å². The maximum Gasteiger partial charge on any atom is 0.258 e. The van der Waals surface area contributed by atoms with Crippen LogP contribution in [-0.4, -0.2) is 32.1 Å². The van der Waals surface area contributed by atoms with Crippen molar-refractivity contribution < 1.29 is 9.59 Å². The van der Waals surface area contributed by atoms with Crippen LogP contribution in [0.4, 0.5) is 11.4 Å². The van der Waals surface area contributed by atoms with E-state index in [4.69, 9.17) is 11.6 Å². The van der Waals surface area contributed by atoms with Gasteiger partial charge in [-0.25, -0.2) is 0 Å². The highest BCUT2D eigenvalue weighted by molar-refractivity contribution is 6.31. The maximum atomic E-state index is 12.8. The lowest BCUT2D eigenvalue weighted by Gasteiger charge is -2.20. The van der Waals surface area contributed by atoms with Crippen molar-refractivity contribution >= 4 is 41.0 Å². The van der Waals surface area contributed by atoms with Gasteiger partial charge in [-0.05, 0) is 36.4 Å². The quantitative estimate of drug-likeness (QED) is 0.529. The summed E-state index contributed by atoms with van der Waals surface area (Å²) in [6.45, 7) is 7.30. The summed E-state index contributed by atoms with van der Waals surface area (Å²) in [6, 6.07) is 12.1. The van der Waals surface area contributed by atoms with Crippen LogP contribution in [0.1, 0.15) is 15.9 Å². The summed E-state index contributed by atoms with van der Waals surface area (Å²) in [5.41, 5.74) is 3.20. The van der Waals surface area contributed by atoms with Gasteiger partial charge >= 0.3 is 0 Å². The first-order valence-electron chi connectivity index (χ1n) is 8.09. The van der Waals surface area contributed by atoms with Gasteiger partial charge in [0, 0.05) is 47.8 Å². The second-order valence-corrected chi connectivity index (χ2v) is 6.16. The molecular formula is C21H20ClN3O2. The largest absolute Gasteiger partial charge is 0.318 e. The number of halogens is 1. The van der Waals surface area contributed by atoms with Gasteiger partial charge in [-0.15, -0.1) is 0 Å². The molecule has 2 aromatic carbocycles. The van der Waals surface area contributed by atoms with Crippen LogP contribution in [0.15, 0.2) is 72.9 Å². The number of amides is 2. The van der Waals surface area contributed by atoms with Crippen molar-refractivity contribution in [1.29, 1.82) is 0 Å². The van der Waals surface area contributed by atoms with Crippen molar-refractivity contribution in [2.24, 2.45) is 4.99 Å². The lowest BCUT2D eigenvalue weighted by Crippen LogP contribution is -2.26. The van der Waals surface area contributed by atoms with Gasteiger partial charge in [0.25, 0.3) is 5.91 Å². The zero-order valence-electron chi connectivity index (χ0n) is 15.2. The zero-order valence-corrected chi connectivity index (χ0v) is 16.0. The number of allylic oxidation sites excluding steroid dienone is 1. The normalized spacial score (nSPS) is 10.9. The Kier molecular flexibility index (Phi) is 6.68. The van der Waals surface area contributed by atoms with Crippen LogP contribution >= 0.6 is 11.6 Å². The second-order valence-electron chi connectivity index (χ2n) is 5.73. The molecule has 0 aliphatic rings. The van der Waals surface area contributed by atoms with E-state index in [0.717, 1.165) is 5.56 Å². The van der Waals surface area contributed by atoms with Crippen molar-refractivity contribution in [3.63, 3.8) is 0 Å². The van der Waals surface area contributed by atoms with Crippen molar-refractivity contribution in [3.8, 4) is 0 Å². The Balaban J connectivity index is 2.31. The third-order valence-electron chi connectivity index (χ3n) is 3.98. The first kappa shape index (κ1) is 20.1. The predicted octanol–water partition coefficient (Wildman–Crippen LogP) is 4.33. The standard InChI is InChI=1S/C21H20ClN3O2/c1-5-20(23-6-2)15-7-9-16(10-8-15)21(27)25(4)19-12-17(22)11-18(13-19)24(3)14-26/h5-14H,1-2H2,3-4H3. The number of hydrogen-bond donors (Lipinski definition) is 0. The predicted molar refractivity (Wildman–Crippen MR) is 112 cm³/mol. The molecule has 6 heteroatoms. The minimum absolute atomic E-state index is 0.204. The fourth-order valence-electron chi connectivity index (χ4n) is 2.46. The van der Waals surface area contributed by atoms with Crippen LogP contribution in [0.25, 0.3) is 0 Å². The van der Waals surface area contributed by atoms with E-state index < -0.39 is 0 Å². The first-order valence-corrected chi connectivity index (χ1v) is 8.47. The average molecular weight is 382 g/mol. The Hall–Kier alpha value is -3.18. The Bertz CT molecular complexity index is 904. The number of carbonyl (C=O) groups is 2. The Morgan fingerprint density at radius 2 is 1.63 bits per heavy atom. The fraction of sp³-hybridized carbons (Fsp3) is 0.0952. The monoisotopic (exact) mass is 381 g/mol. The zero-order chi connectivity index (χ0) is 20.0. The molecule has 0 saturated carbocycles. The molecule has 2 rings (SSSR count). The van der Waals surface area contributed by atoms with E-state index in [9.17, 15) is 9.59 Å². The van der Waals surface area contributed by atoms with E-state index in [1.165, 1.54) is 16.0 Å². The van der Waals surface area contributed by atoms with Gasteiger partial charge in [0.15, 0.2) is 0 Å². The number of aliphatic imine (C=N–C) groups is 1. The van der Waals surface area contributed by atoms with Crippen LogP contribution < -0.4 is 9.80 Å². The van der Waals surface area contributed by atoms with Gasteiger partial charge < -0.3 is 9.80 Å². The molecule has 0 saturated heterocycles. The molecule has 2 aromatic rings. The molecule has 0 N–H and O–H groups in total. The van der Waals surface area contributed by atoms with Gasteiger partial charge in [0.2, 0.25) is 6.41 Å². The van der Waals surface area contributed by atoms with E-state index in [-0.39, 0.29) is 5.91 Å². The highest BCUT2D eigenvalue weighted by atomic mass is 35.5. The summed E-state index contributed by atoms with van der Waals surface area (Å²) < 4.78 is 0. The minimum atomic E-state index is -0.204. The molecule has 0 heterocycles. The number of anilines is 2. The highest BCUT2D eigenvalue weighted by Gasteiger charge is 2.16. The van der Waals surface area contributed by atoms with Crippen LogP contribution in [0.5, 0.6) is 0 Å². The van der Waals surface area contributed by atoms with Gasteiger partial charge in [0.1, 0.15) is 0 Å². The summed E-state index contributed by atoms with van der Waals surface area (Å²) in [6.07, 6.45) is 3.75. The van der Waals surface area contributed by atoms with E-state index in [1.54, 1.807) is 62.6 Å². The van der Waals surface area contributed by atoms with Gasteiger partial charge in [0.05, 0.1) is 5.71 Å². The van der Waals surface area contributed by atoms with Crippen LogP contribution in [0, 0.1) is 0 Å². The average Bonchev–Trinajstić information content (AvgIpc) is 2.69.